The number of rotatable bonds is 5. The van der Waals surface area contributed by atoms with E-state index in [2.05, 4.69) is 22.0 Å². The van der Waals surface area contributed by atoms with Crippen LogP contribution in [0.25, 0.3) is 16.5 Å². The van der Waals surface area contributed by atoms with Gasteiger partial charge in [0, 0.05) is 67.7 Å². The van der Waals surface area contributed by atoms with E-state index < -0.39 is 0 Å². The van der Waals surface area contributed by atoms with Crippen molar-refractivity contribution in [2.75, 3.05) is 33.3 Å². The normalized spacial score (nSPS) is 15.5. The van der Waals surface area contributed by atoms with Gasteiger partial charge in [-0.25, -0.2) is 0 Å². The third kappa shape index (κ3) is 4.35. The predicted molar refractivity (Wildman–Crippen MR) is 122 cm³/mol. The zero-order chi connectivity index (χ0) is 22.0. The monoisotopic (exact) mass is 419 g/mol. The molecule has 6 nitrogen and oxygen atoms in total. The van der Waals surface area contributed by atoms with Gasteiger partial charge in [0.1, 0.15) is 11.3 Å². The van der Waals surface area contributed by atoms with E-state index in [1.54, 1.807) is 25.6 Å². The average molecular weight is 420 g/mol. The standard InChI is InChI=1S/C25H29N3O3/c1-17(21-13-22-18(2)16-31-25(22)19(3)24(21)30-4)12-23(29)28-10-8-27(9-11-28)15-20-6-5-7-26-14-20/h5-7,12-14,16H,8-11,15H2,1-4H3/b17-12+. The lowest BCUT2D eigenvalue weighted by Gasteiger charge is -2.34. The highest BCUT2D eigenvalue weighted by molar-refractivity contribution is 5.98. The van der Waals surface area contributed by atoms with Crippen LogP contribution >= 0.6 is 0 Å². The zero-order valence-corrected chi connectivity index (χ0v) is 18.6. The van der Waals surface area contributed by atoms with Gasteiger partial charge in [0.15, 0.2) is 0 Å². The molecule has 1 aliphatic rings. The van der Waals surface area contributed by atoms with Gasteiger partial charge in [0.2, 0.25) is 5.91 Å². The molecule has 0 radical (unpaired) electrons. The van der Waals surface area contributed by atoms with Crippen LogP contribution in [0.3, 0.4) is 0 Å². The highest BCUT2D eigenvalue weighted by atomic mass is 16.5. The Morgan fingerprint density at radius 1 is 1.26 bits per heavy atom. The van der Waals surface area contributed by atoms with Crippen molar-refractivity contribution in [1.82, 2.24) is 14.8 Å². The molecule has 0 atom stereocenters. The Morgan fingerprint density at radius 3 is 2.71 bits per heavy atom. The van der Waals surface area contributed by atoms with Gasteiger partial charge >= 0.3 is 0 Å². The summed E-state index contributed by atoms with van der Waals surface area (Å²) in [6.45, 7) is 10.0. The second-order valence-corrected chi connectivity index (χ2v) is 8.17. The molecule has 6 heteroatoms. The van der Waals surface area contributed by atoms with Crippen molar-refractivity contribution in [2.45, 2.75) is 27.3 Å². The maximum Gasteiger partial charge on any atom is 0.246 e. The molecule has 3 heterocycles. The highest BCUT2D eigenvalue weighted by Gasteiger charge is 2.21. The maximum atomic E-state index is 13.0. The molecule has 0 unspecified atom stereocenters. The topological polar surface area (TPSA) is 58.8 Å². The van der Waals surface area contributed by atoms with Gasteiger partial charge in [-0.2, -0.15) is 0 Å². The number of carbonyl (C=O) groups is 1. The van der Waals surface area contributed by atoms with Crippen LogP contribution in [0.2, 0.25) is 0 Å². The molecule has 2 aromatic heterocycles. The van der Waals surface area contributed by atoms with Crippen LogP contribution in [0.15, 0.2) is 47.3 Å². The number of amides is 1. The molecule has 0 N–H and O–H groups in total. The summed E-state index contributed by atoms with van der Waals surface area (Å²) in [6.07, 6.45) is 7.18. The number of aryl methyl sites for hydroxylation is 2. The van der Waals surface area contributed by atoms with E-state index in [4.69, 9.17) is 9.15 Å². The highest BCUT2D eigenvalue weighted by Crippen LogP contribution is 2.37. The second-order valence-electron chi connectivity index (χ2n) is 8.17. The van der Waals surface area contributed by atoms with Crippen LogP contribution in [0.5, 0.6) is 5.75 Å². The smallest absolute Gasteiger partial charge is 0.246 e. The van der Waals surface area contributed by atoms with Crippen LogP contribution in [0.4, 0.5) is 0 Å². The van der Waals surface area contributed by atoms with Crippen molar-refractivity contribution in [1.29, 1.82) is 0 Å². The fraction of sp³-hybridized carbons (Fsp3) is 0.360. The van der Waals surface area contributed by atoms with Gasteiger partial charge in [0.05, 0.1) is 13.4 Å². The van der Waals surface area contributed by atoms with E-state index in [9.17, 15) is 4.79 Å². The van der Waals surface area contributed by atoms with E-state index in [1.807, 2.05) is 37.9 Å². The Hall–Kier alpha value is -3.12. The second kappa shape index (κ2) is 8.94. The van der Waals surface area contributed by atoms with Crippen LogP contribution in [0, 0.1) is 13.8 Å². The number of ether oxygens (including phenoxy) is 1. The first-order valence-corrected chi connectivity index (χ1v) is 10.6. The number of pyridine rings is 1. The number of carbonyl (C=O) groups excluding carboxylic acids is 1. The molecule has 1 fully saturated rings. The average Bonchev–Trinajstić information content (AvgIpc) is 3.15. The summed E-state index contributed by atoms with van der Waals surface area (Å²) < 4.78 is 11.4. The summed E-state index contributed by atoms with van der Waals surface area (Å²) in [6, 6.07) is 6.11. The van der Waals surface area contributed by atoms with E-state index in [0.29, 0.717) is 0 Å². The van der Waals surface area contributed by atoms with Gasteiger partial charge in [-0.15, -0.1) is 0 Å². The quantitative estimate of drug-likeness (QED) is 0.580. The third-order valence-electron chi connectivity index (χ3n) is 6.02. The summed E-state index contributed by atoms with van der Waals surface area (Å²) in [4.78, 5) is 21.4. The summed E-state index contributed by atoms with van der Waals surface area (Å²) >= 11 is 0. The van der Waals surface area contributed by atoms with Crippen LogP contribution in [0.1, 0.15) is 29.2 Å². The number of allylic oxidation sites excluding steroid dienone is 1. The fourth-order valence-electron chi connectivity index (χ4n) is 4.22. The zero-order valence-electron chi connectivity index (χ0n) is 18.6. The molecule has 0 saturated carbocycles. The molecule has 162 valence electrons. The van der Waals surface area contributed by atoms with Gasteiger partial charge in [-0.3, -0.25) is 14.7 Å². The Balaban J connectivity index is 1.48. The van der Waals surface area contributed by atoms with Gasteiger partial charge in [-0.1, -0.05) is 6.07 Å². The number of fused-ring (bicyclic) bond motifs is 1. The lowest BCUT2D eigenvalue weighted by Crippen LogP contribution is -2.47. The molecule has 31 heavy (non-hydrogen) atoms. The number of methoxy groups -OCH3 is 1. The number of hydrogen-bond donors (Lipinski definition) is 0. The number of benzene rings is 1. The molecule has 3 aromatic rings. The third-order valence-corrected chi connectivity index (χ3v) is 6.02. The van der Waals surface area contributed by atoms with Crippen molar-refractivity contribution in [3.8, 4) is 5.75 Å². The Morgan fingerprint density at radius 2 is 2.03 bits per heavy atom. The van der Waals surface area contributed by atoms with E-state index in [0.717, 1.165) is 71.7 Å². The van der Waals surface area contributed by atoms with Gasteiger partial charge < -0.3 is 14.1 Å². The molecule has 0 bridgehead atoms. The van der Waals surface area contributed by atoms with Crippen molar-refractivity contribution < 1.29 is 13.9 Å². The number of hydrogen-bond acceptors (Lipinski definition) is 5. The predicted octanol–water partition coefficient (Wildman–Crippen LogP) is 4.20. The molecule has 0 spiro atoms. The van der Waals surface area contributed by atoms with E-state index in [-0.39, 0.29) is 5.91 Å². The molecule has 1 amide bonds. The van der Waals surface area contributed by atoms with E-state index >= 15 is 0 Å². The minimum absolute atomic E-state index is 0.0437. The number of nitrogens with zero attached hydrogens (tertiary/aromatic N) is 3. The minimum Gasteiger partial charge on any atom is -0.496 e. The first-order chi connectivity index (χ1) is 15.0. The molecule has 1 saturated heterocycles. The first kappa shape index (κ1) is 21.1. The van der Waals surface area contributed by atoms with Gasteiger partial charge in [-0.05, 0) is 49.6 Å². The number of aromatic nitrogens is 1. The molecule has 0 aliphatic carbocycles. The lowest BCUT2D eigenvalue weighted by molar-refractivity contribution is -0.127. The summed E-state index contributed by atoms with van der Waals surface area (Å²) in [5, 5.41) is 1.05. The summed E-state index contributed by atoms with van der Waals surface area (Å²) in [5.41, 5.74) is 5.89. The van der Waals surface area contributed by atoms with Crippen molar-refractivity contribution in [3.05, 3.63) is 65.2 Å². The molecular formula is C25H29N3O3. The Labute approximate surface area is 183 Å². The molecular weight excluding hydrogens is 390 g/mol. The maximum absolute atomic E-state index is 13.0. The Bertz CT molecular complexity index is 1110. The number of piperazine rings is 1. The largest absolute Gasteiger partial charge is 0.496 e. The molecule has 1 aliphatic heterocycles. The minimum atomic E-state index is 0.0437. The lowest BCUT2D eigenvalue weighted by atomic mass is 9.98. The number of furan rings is 1. The van der Waals surface area contributed by atoms with Crippen LogP contribution in [-0.2, 0) is 11.3 Å². The molecule has 4 rings (SSSR count). The summed E-state index contributed by atoms with van der Waals surface area (Å²) in [7, 11) is 1.66. The van der Waals surface area contributed by atoms with Crippen LogP contribution < -0.4 is 4.74 Å². The van der Waals surface area contributed by atoms with Crippen LogP contribution in [-0.4, -0.2) is 54.0 Å². The van der Waals surface area contributed by atoms with Crippen molar-refractivity contribution >= 4 is 22.4 Å². The van der Waals surface area contributed by atoms with E-state index in [1.165, 1.54) is 5.56 Å². The van der Waals surface area contributed by atoms with Crippen molar-refractivity contribution in [2.24, 2.45) is 0 Å². The first-order valence-electron chi connectivity index (χ1n) is 10.6. The fourth-order valence-corrected chi connectivity index (χ4v) is 4.22. The Kier molecular flexibility index (Phi) is 6.09. The SMILES string of the molecule is COc1c(/C(C)=C/C(=O)N2CCN(Cc3cccnc3)CC2)cc2c(C)coc2c1C. The summed E-state index contributed by atoms with van der Waals surface area (Å²) in [5.74, 6) is 0.798. The molecule has 1 aromatic carbocycles. The van der Waals surface area contributed by atoms with Gasteiger partial charge in [0.25, 0.3) is 0 Å². The van der Waals surface area contributed by atoms with Crippen molar-refractivity contribution in [3.63, 3.8) is 0 Å².